The Labute approximate surface area is 158 Å². The van der Waals surface area contributed by atoms with Gasteiger partial charge >= 0.3 is 0 Å². The molecule has 0 bridgehead atoms. The smallest absolute Gasteiger partial charge is 0.237 e. The molecule has 0 spiro atoms. The highest BCUT2D eigenvalue weighted by molar-refractivity contribution is 5.88. The Hall–Kier alpha value is -2.61. The van der Waals surface area contributed by atoms with E-state index < -0.39 is 6.04 Å². The van der Waals surface area contributed by atoms with Gasteiger partial charge < -0.3 is 14.6 Å². The van der Waals surface area contributed by atoms with Crippen molar-refractivity contribution in [3.05, 3.63) is 41.1 Å². The van der Waals surface area contributed by atoms with Gasteiger partial charge in [-0.2, -0.15) is 5.10 Å². The molecular formula is C19H25N5O3. The van der Waals surface area contributed by atoms with Crippen LogP contribution in [-0.4, -0.2) is 57.1 Å². The zero-order valence-electron chi connectivity index (χ0n) is 15.8. The number of aromatic nitrogens is 2. The lowest BCUT2D eigenvalue weighted by Crippen LogP contribution is -2.56. The minimum Gasteiger partial charge on any atom is -0.465 e. The molecule has 8 heteroatoms. The van der Waals surface area contributed by atoms with Gasteiger partial charge in [-0.25, -0.2) is 0 Å². The van der Waals surface area contributed by atoms with Crippen molar-refractivity contribution in [1.82, 2.24) is 24.9 Å². The molecule has 8 nitrogen and oxygen atoms in total. The Morgan fingerprint density at radius 3 is 2.93 bits per heavy atom. The van der Waals surface area contributed by atoms with Crippen molar-refractivity contribution in [2.24, 2.45) is 0 Å². The highest BCUT2D eigenvalue weighted by Gasteiger charge is 2.34. The molecular weight excluding hydrogens is 346 g/mol. The number of hydrogen-bond donors (Lipinski definition) is 1. The molecule has 1 N–H and O–H groups in total. The molecule has 144 valence electrons. The van der Waals surface area contributed by atoms with Crippen molar-refractivity contribution in [2.45, 2.75) is 45.9 Å². The molecule has 0 unspecified atom stereocenters. The molecule has 2 amide bonds. The average molecular weight is 371 g/mol. The van der Waals surface area contributed by atoms with Gasteiger partial charge in [0.05, 0.1) is 43.5 Å². The molecule has 4 rings (SSSR count). The maximum atomic E-state index is 12.9. The Morgan fingerprint density at radius 2 is 2.15 bits per heavy atom. The lowest BCUT2D eigenvalue weighted by molar-refractivity contribution is -0.140. The number of nitrogens with one attached hydrogen (secondary N) is 1. The molecule has 27 heavy (non-hydrogen) atoms. The number of rotatable bonds is 4. The van der Waals surface area contributed by atoms with Gasteiger partial charge in [0.15, 0.2) is 0 Å². The van der Waals surface area contributed by atoms with Gasteiger partial charge in [-0.1, -0.05) is 0 Å². The third-order valence-electron chi connectivity index (χ3n) is 5.24. The summed E-state index contributed by atoms with van der Waals surface area (Å²) in [6, 6.07) is 5.39. The van der Waals surface area contributed by atoms with Crippen LogP contribution in [0.15, 0.2) is 22.6 Å². The minimum absolute atomic E-state index is 0.00257. The van der Waals surface area contributed by atoms with Crippen molar-refractivity contribution >= 4 is 11.8 Å². The molecule has 2 aromatic rings. The quantitative estimate of drug-likeness (QED) is 0.861. The van der Waals surface area contributed by atoms with Gasteiger partial charge in [-0.3, -0.25) is 19.2 Å². The van der Waals surface area contributed by atoms with Crippen LogP contribution in [0, 0.1) is 13.8 Å². The van der Waals surface area contributed by atoms with Gasteiger partial charge in [0, 0.05) is 19.6 Å². The van der Waals surface area contributed by atoms with E-state index in [-0.39, 0.29) is 18.2 Å². The summed E-state index contributed by atoms with van der Waals surface area (Å²) < 4.78 is 7.61. The molecule has 1 fully saturated rings. The minimum atomic E-state index is -0.467. The topological polar surface area (TPSA) is 83.6 Å². The number of furan rings is 1. The van der Waals surface area contributed by atoms with Gasteiger partial charge in [-0.15, -0.1) is 0 Å². The fourth-order valence-electron chi connectivity index (χ4n) is 3.86. The summed E-state index contributed by atoms with van der Waals surface area (Å²) in [6.07, 6.45) is 0.179. The standard InChI is InChI=1S/C19H25N5O3/c1-13-9-15-11-23(7-8-24(15)21-13)18(25)10-17-19(26)20-5-6-22(17)12-16-4-3-14(2)27-16/h3-4,9,17H,5-8,10-12H2,1-2H3,(H,20,26)/t17-/m1/s1. The number of amides is 2. The summed E-state index contributed by atoms with van der Waals surface area (Å²) in [7, 11) is 0. The number of nitrogens with zero attached hydrogens (tertiary/aromatic N) is 4. The van der Waals surface area contributed by atoms with Crippen LogP contribution < -0.4 is 5.32 Å². The SMILES string of the molecule is Cc1cc2n(n1)CCN(C(=O)C[C@@H]1C(=O)NCCN1Cc1ccc(C)o1)C2. The normalized spacial score (nSPS) is 20.4. The van der Waals surface area contributed by atoms with E-state index >= 15 is 0 Å². The monoisotopic (exact) mass is 371 g/mol. The Morgan fingerprint density at radius 1 is 1.30 bits per heavy atom. The summed E-state index contributed by atoms with van der Waals surface area (Å²) in [4.78, 5) is 29.2. The highest BCUT2D eigenvalue weighted by Crippen LogP contribution is 2.19. The van der Waals surface area contributed by atoms with E-state index in [2.05, 4.69) is 10.4 Å². The van der Waals surface area contributed by atoms with E-state index in [0.29, 0.717) is 39.3 Å². The molecule has 0 aromatic carbocycles. The van der Waals surface area contributed by atoms with Crippen LogP contribution in [0.1, 0.15) is 29.3 Å². The first kappa shape index (κ1) is 17.8. The van der Waals surface area contributed by atoms with Gasteiger partial charge in [0.2, 0.25) is 11.8 Å². The third kappa shape index (κ3) is 3.75. The number of aryl methyl sites for hydroxylation is 2. The van der Waals surface area contributed by atoms with E-state index in [1.807, 2.05) is 46.5 Å². The molecule has 4 heterocycles. The van der Waals surface area contributed by atoms with Crippen molar-refractivity contribution in [2.75, 3.05) is 19.6 Å². The molecule has 1 atom stereocenters. The van der Waals surface area contributed by atoms with Gasteiger partial charge in [-0.05, 0) is 32.0 Å². The van der Waals surface area contributed by atoms with Crippen LogP contribution in [0.2, 0.25) is 0 Å². The van der Waals surface area contributed by atoms with Crippen LogP contribution >= 0.6 is 0 Å². The van der Waals surface area contributed by atoms with Crippen molar-refractivity contribution in [3.63, 3.8) is 0 Å². The molecule has 0 radical (unpaired) electrons. The zero-order valence-corrected chi connectivity index (χ0v) is 15.8. The number of fused-ring (bicyclic) bond motifs is 1. The van der Waals surface area contributed by atoms with Gasteiger partial charge in [0.1, 0.15) is 11.5 Å². The first-order valence-electron chi connectivity index (χ1n) is 9.38. The van der Waals surface area contributed by atoms with E-state index in [0.717, 1.165) is 22.9 Å². The maximum Gasteiger partial charge on any atom is 0.237 e. The Bertz CT molecular complexity index is 855. The van der Waals surface area contributed by atoms with E-state index in [9.17, 15) is 9.59 Å². The van der Waals surface area contributed by atoms with Crippen molar-refractivity contribution in [1.29, 1.82) is 0 Å². The van der Waals surface area contributed by atoms with Crippen LogP contribution in [0.3, 0.4) is 0 Å². The number of carbonyl (C=O) groups is 2. The lowest BCUT2D eigenvalue weighted by atomic mass is 10.1. The van der Waals surface area contributed by atoms with Crippen LogP contribution in [0.4, 0.5) is 0 Å². The van der Waals surface area contributed by atoms with Crippen molar-refractivity contribution in [3.8, 4) is 0 Å². The molecule has 2 aliphatic heterocycles. The van der Waals surface area contributed by atoms with Crippen LogP contribution in [-0.2, 0) is 29.2 Å². The van der Waals surface area contributed by atoms with Crippen LogP contribution in [0.25, 0.3) is 0 Å². The summed E-state index contributed by atoms with van der Waals surface area (Å²) in [6.45, 7) is 7.55. The highest BCUT2D eigenvalue weighted by atomic mass is 16.3. The zero-order chi connectivity index (χ0) is 19.0. The molecule has 0 aliphatic carbocycles. The molecule has 1 saturated heterocycles. The Kier molecular flexibility index (Phi) is 4.73. The Balaban J connectivity index is 1.43. The molecule has 0 saturated carbocycles. The number of carbonyl (C=O) groups excluding carboxylic acids is 2. The molecule has 2 aromatic heterocycles. The second kappa shape index (κ2) is 7.19. The van der Waals surface area contributed by atoms with Crippen molar-refractivity contribution < 1.29 is 14.0 Å². The largest absolute Gasteiger partial charge is 0.465 e. The summed E-state index contributed by atoms with van der Waals surface area (Å²) in [5.41, 5.74) is 2.01. The average Bonchev–Trinajstić information content (AvgIpc) is 3.21. The second-order valence-corrected chi connectivity index (χ2v) is 7.31. The second-order valence-electron chi connectivity index (χ2n) is 7.31. The first-order valence-corrected chi connectivity index (χ1v) is 9.38. The summed E-state index contributed by atoms with van der Waals surface area (Å²) in [5.74, 6) is 1.58. The maximum absolute atomic E-state index is 12.9. The van der Waals surface area contributed by atoms with E-state index in [1.165, 1.54) is 0 Å². The van der Waals surface area contributed by atoms with E-state index in [1.54, 1.807) is 0 Å². The predicted molar refractivity (Wildman–Crippen MR) is 97.7 cm³/mol. The predicted octanol–water partition coefficient (Wildman–Crippen LogP) is 0.826. The van der Waals surface area contributed by atoms with Crippen LogP contribution in [0.5, 0.6) is 0 Å². The number of hydrogen-bond acceptors (Lipinski definition) is 5. The van der Waals surface area contributed by atoms with Gasteiger partial charge in [0.25, 0.3) is 0 Å². The fraction of sp³-hybridized carbons (Fsp3) is 0.526. The fourth-order valence-corrected chi connectivity index (χ4v) is 3.86. The third-order valence-corrected chi connectivity index (χ3v) is 5.24. The van der Waals surface area contributed by atoms with E-state index in [4.69, 9.17) is 4.42 Å². The summed E-state index contributed by atoms with van der Waals surface area (Å²) >= 11 is 0. The lowest BCUT2D eigenvalue weighted by Gasteiger charge is -2.36. The molecule has 2 aliphatic rings. The first-order chi connectivity index (χ1) is 13.0. The summed E-state index contributed by atoms with van der Waals surface area (Å²) in [5, 5.41) is 7.31. The number of piperazine rings is 1.